The summed E-state index contributed by atoms with van der Waals surface area (Å²) in [7, 11) is -1.76. The van der Waals surface area contributed by atoms with Gasteiger partial charge in [-0.1, -0.05) is 42.0 Å². The molecule has 13 heteroatoms. The highest BCUT2D eigenvalue weighted by molar-refractivity contribution is 7.90. The van der Waals surface area contributed by atoms with Gasteiger partial charge in [0.2, 0.25) is 0 Å². The smallest absolute Gasteiger partial charge is 0.337 e. The van der Waals surface area contributed by atoms with Crippen molar-refractivity contribution in [2.45, 2.75) is 75.1 Å². The first-order valence-electron chi connectivity index (χ1n) is 15.5. The highest BCUT2D eigenvalue weighted by Gasteiger charge is 2.47. The van der Waals surface area contributed by atoms with E-state index in [0.29, 0.717) is 57.3 Å². The number of alkyl halides is 3. The van der Waals surface area contributed by atoms with Gasteiger partial charge >= 0.3 is 21.6 Å². The number of hydrogen-bond acceptors (Lipinski definition) is 5. The molecule has 9 nitrogen and oxygen atoms in total. The zero-order chi connectivity index (χ0) is 32.5. The normalized spacial score (nSPS) is 24.5. The average Bonchev–Trinajstić information content (AvgIpc) is 3.71. The van der Waals surface area contributed by atoms with Crippen molar-refractivity contribution in [3.8, 4) is 11.1 Å². The van der Waals surface area contributed by atoms with E-state index in [1.807, 2.05) is 31.2 Å². The summed E-state index contributed by atoms with van der Waals surface area (Å²) in [5, 5.41) is 0. The number of halogens is 3. The minimum atomic E-state index is -5.35. The van der Waals surface area contributed by atoms with Crippen LogP contribution in [-0.4, -0.2) is 110 Å². The van der Waals surface area contributed by atoms with Crippen LogP contribution < -0.4 is 4.72 Å². The molecule has 5 rings (SSSR count). The van der Waals surface area contributed by atoms with Crippen LogP contribution in [0.25, 0.3) is 11.1 Å². The lowest BCUT2D eigenvalue weighted by Crippen LogP contribution is -2.49. The second kappa shape index (κ2) is 13.3. The van der Waals surface area contributed by atoms with Crippen molar-refractivity contribution < 1.29 is 31.2 Å². The fourth-order valence-corrected chi connectivity index (χ4v) is 7.60. The number of likely N-dealkylation sites (tertiary alicyclic amines) is 2. The van der Waals surface area contributed by atoms with E-state index in [1.54, 1.807) is 33.5 Å². The Morgan fingerprint density at radius 3 is 1.96 bits per heavy atom. The average molecular weight is 650 g/mol. The summed E-state index contributed by atoms with van der Waals surface area (Å²) in [6.07, 6.45) is 3.36. The number of nitrogens with zero attached hydrogens (tertiary/aromatic N) is 4. The van der Waals surface area contributed by atoms with E-state index in [1.165, 1.54) is 5.56 Å². The van der Waals surface area contributed by atoms with Gasteiger partial charge < -0.3 is 14.7 Å². The van der Waals surface area contributed by atoms with Gasteiger partial charge in [0.25, 0.3) is 5.91 Å². The molecule has 3 amide bonds. The van der Waals surface area contributed by atoms with Crippen LogP contribution in [-0.2, 0) is 10.0 Å². The van der Waals surface area contributed by atoms with Crippen LogP contribution in [0.4, 0.5) is 18.0 Å². The van der Waals surface area contributed by atoms with E-state index < -0.39 is 21.6 Å². The zero-order valence-corrected chi connectivity index (χ0v) is 26.8. The Balaban J connectivity index is 1.09. The first-order valence-corrected chi connectivity index (χ1v) is 17.0. The SMILES string of the molecule is Cc1ccc(-c2ccc(C(=O)N(C)C3CCN(C(=O)N(C)C4CCN(C5CCC(NS(=O)(=O)C(F)(F)F)CC5)C4)C3)cc2)cc1. The third-order valence-electron chi connectivity index (χ3n) is 9.70. The first kappa shape index (κ1) is 33.2. The molecule has 45 heavy (non-hydrogen) atoms. The standard InChI is InChI=1S/C32H42F3N5O4S/c1-22-4-6-23(7-5-22)24-8-10-25(11-9-24)30(41)37(2)28-17-19-40(21-28)31(42)38(3)29-16-18-39(20-29)27-14-12-26(13-15-27)36-45(43,44)32(33,34)35/h4-11,26-29,36H,12-21H2,1-3H3. The van der Waals surface area contributed by atoms with Gasteiger partial charge in [0.1, 0.15) is 0 Å². The van der Waals surface area contributed by atoms with Gasteiger partial charge in [0, 0.05) is 64.0 Å². The van der Waals surface area contributed by atoms with Crippen molar-refractivity contribution in [1.29, 1.82) is 0 Å². The fourth-order valence-electron chi connectivity index (χ4n) is 6.79. The van der Waals surface area contributed by atoms with Crippen molar-refractivity contribution in [2.75, 3.05) is 40.3 Å². The topological polar surface area (TPSA) is 93.3 Å². The number of aryl methyl sites for hydroxylation is 1. The molecule has 2 aromatic carbocycles. The summed E-state index contributed by atoms with van der Waals surface area (Å²) in [4.78, 5) is 34.3. The molecule has 1 saturated carbocycles. The van der Waals surface area contributed by atoms with Gasteiger partial charge in [-0.15, -0.1) is 0 Å². The van der Waals surface area contributed by atoms with Crippen LogP contribution in [0.3, 0.4) is 0 Å². The van der Waals surface area contributed by atoms with E-state index >= 15 is 0 Å². The predicted octanol–water partition coefficient (Wildman–Crippen LogP) is 4.68. The van der Waals surface area contributed by atoms with Crippen molar-refractivity contribution >= 4 is 22.0 Å². The molecule has 246 valence electrons. The molecular weight excluding hydrogens is 607 g/mol. The lowest BCUT2D eigenvalue weighted by atomic mass is 9.91. The molecule has 2 aliphatic heterocycles. The second-order valence-corrected chi connectivity index (χ2v) is 14.4. The van der Waals surface area contributed by atoms with Gasteiger partial charge in [-0.05, 0) is 68.7 Å². The summed E-state index contributed by atoms with van der Waals surface area (Å²) in [6.45, 7) is 4.50. The molecule has 0 bridgehead atoms. The van der Waals surface area contributed by atoms with Crippen LogP contribution in [0, 0.1) is 6.92 Å². The van der Waals surface area contributed by atoms with E-state index in [4.69, 9.17) is 0 Å². The zero-order valence-electron chi connectivity index (χ0n) is 26.0. The minimum absolute atomic E-state index is 0.00408. The number of rotatable bonds is 7. The number of carbonyl (C=O) groups excluding carboxylic acids is 2. The predicted molar refractivity (Wildman–Crippen MR) is 166 cm³/mol. The van der Waals surface area contributed by atoms with Gasteiger partial charge in [-0.25, -0.2) is 17.9 Å². The van der Waals surface area contributed by atoms with Crippen LogP contribution in [0.5, 0.6) is 0 Å². The summed E-state index contributed by atoms with van der Waals surface area (Å²) in [5.41, 5.74) is -1.38. The molecule has 3 fully saturated rings. The van der Waals surface area contributed by atoms with Crippen LogP contribution in [0.1, 0.15) is 54.4 Å². The Morgan fingerprint density at radius 1 is 0.800 bits per heavy atom. The molecule has 1 N–H and O–H groups in total. The Hall–Kier alpha value is -3.16. The first-order chi connectivity index (χ1) is 21.2. The minimum Gasteiger partial charge on any atom is -0.337 e. The number of amides is 3. The molecule has 3 aliphatic rings. The Labute approximate surface area is 263 Å². The molecule has 2 saturated heterocycles. The maximum absolute atomic E-state index is 13.4. The molecular formula is C32H42F3N5O4S. The molecule has 2 unspecified atom stereocenters. The van der Waals surface area contributed by atoms with Gasteiger partial charge in [0.05, 0.1) is 6.04 Å². The number of nitrogens with one attached hydrogen (secondary N) is 1. The summed E-state index contributed by atoms with van der Waals surface area (Å²) < 4.78 is 62.9. The Bertz CT molecular complexity index is 1460. The van der Waals surface area contributed by atoms with E-state index in [9.17, 15) is 31.2 Å². The molecule has 2 aromatic rings. The molecule has 0 radical (unpaired) electrons. The molecule has 2 heterocycles. The highest BCUT2D eigenvalue weighted by Crippen LogP contribution is 2.30. The van der Waals surface area contributed by atoms with Crippen LogP contribution in [0.15, 0.2) is 48.5 Å². The van der Waals surface area contributed by atoms with Gasteiger partial charge in [-0.3, -0.25) is 9.69 Å². The summed E-state index contributed by atoms with van der Waals surface area (Å²) in [5.74, 6) is -0.0783. The Kier molecular flexibility index (Phi) is 9.81. The number of sulfonamides is 1. The largest absolute Gasteiger partial charge is 0.511 e. The monoisotopic (exact) mass is 649 g/mol. The lowest BCUT2D eigenvalue weighted by Gasteiger charge is -2.35. The highest BCUT2D eigenvalue weighted by atomic mass is 32.2. The maximum atomic E-state index is 13.4. The third kappa shape index (κ3) is 7.47. The van der Waals surface area contributed by atoms with E-state index in [2.05, 4.69) is 29.2 Å². The summed E-state index contributed by atoms with van der Waals surface area (Å²) in [6, 6.07) is 15.1. The third-order valence-corrected chi connectivity index (χ3v) is 11.0. The van der Waals surface area contributed by atoms with Crippen molar-refractivity contribution in [2.24, 2.45) is 0 Å². The molecule has 0 aromatic heterocycles. The van der Waals surface area contributed by atoms with Crippen molar-refractivity contribution in [3.05, 3.63) is 59.7 Å². The molecule has 1 aliphatic carbocycles. The maximum Gasteiger partial charge on any atom is 0.511 e. The second-order valence-electron chi connectivity index (χ2n) is 12.7. The molecule has 0 spiro atoms. The van der Waals surface area contributed by atoms with Crippen LogP contribution >= 0.6 is 0 Å². The van der Waals surface area contributed by atoms with Gasteiger partial charge in [0.15, 0.2) is 0 Å². The van der Waals surface area contributed by atoms with Crippen LogP contribution in [0.2, 0.25) is 0 Å². The van der Waals surface area contributed by atoms with Gasteiger partial charge in [-0.2, -0.15) is 13.2 Å². The van der Waals surface area contributed by atoms with Crippen molar-refractivity contribution in [3.63, 3.8) is 0 Å². The Morgan fingerprint density at radius 2 is 1.36 bits per heavy atom. The number of likely N-dealkylation sites (N-methyl/N-ethyl adjacent to an activating group) is 2. The lowest BCUT2D eigenvalue weighted by molar-refractivity contribution is -0.0452. The molecule has 2 atom stereocenters. The fraction of sp³-hybridized carbons (Fsp3) is 0.562. The quantitative estimate of drug-likeness (QED) is 0.470. The number of benzene rings is 2. The van der Waals surface area contributed by atoms with E-state index in [0.717, 1.165) is 24.1 Å². The number of urea groups is 1. The van der Waals surface area contributed by atoms with Crippen molar-refractivity contribution in [1.82, 2.24) is 24.3 Å². The number of carbonyl (C=O) groups is 2. The number of hydrogen-bond donors (Lipinski definition) is 1. The summed E-state index contributed by atoms with van der Waals surface area (Å²) >= 11 is 0. The van der Waals surface area contributed by atoms with E-state index in [-0.39, 0.29) is 30.1 Å².